The van der Waals surface area contributed by atoms with Gasteiger partial charge in [0, 0.05) is 12.6 Å². The first-order valence-corrected chi connectivity index (χ1v) is 8.05. The maximum atomic E-state index is 12.5. The summed E-state index contributed by atoms with van der Waals surface area (Å²) in [6.07, 6.45) is 1.47. The van der Waals surface area contributed by atoms with Gasteiger partial charge >= 0.3 is 6.61 Å². The van der Waals surface area contributed by atoms with Gasteiger partial charge in [-0.2, -0.15) is 13.1 Å². The van der Waals surface area contributed by atoms with E-state index in [1.165, 1.54) is 4.31 Å². The van der Waals surface area contributed by atoms with Gasteiger partial charge in [-0.05, 0) is 31.0 Å². The molecule has 1 N–H and O–H groups in total. The van der Waals surface area contributed by atoms with Gasteiger partial charge < -0.3 is 9.84 Å². The Labute approximate surface area is 126 Å². The number of aliphatic hydroxyl groups excluding tert-OH is 1. The maximum absolute atomic E-state index is 12.5. The van der Waals surface area contributed by atoms with E-state index in [-0.39, 0.29) is 34.9 Å². The number of nitrogens with zero attached hydrogens (tertiary/aromatic N) is 1. The molecular weight excluding hydrogens is 328 g/mol. The molecule has 0 spiro atoms. The van der Waals surface area contributed by atoms with Crippen molar-refractivity contribution in [1.82, 2.24) is 4.31 Å². The Bertz CT molecular complexity index is 607. The average molecular weight is 342 g/mol. The number of rotatable bonds is 7. The van der Waals surface area contributed by atoms with Crippen molar-refractivity contribution in [1.29, 1.82) is 0 Å². The highest BCUT2D eigenvalue weighted by Crippen LogP contribution is 2.34. The van der Waals surface area contributed by atoms with E-state index in [1.807, 2.05) is 0 Å². The van der Waals surface area contributed by atoms with Crippen LogP contribution in [-0.2, 0) is 10.0 Å². The van der Waals surface area contributed by atoms with Gasteiger partial charge in [-0.15, -0.1) is 0 Å². The fourth-order valence-corrected chi connectivity index (χ4v) is 3.92. The standard InChI is InChI=1S/C12H14ClF2NO4S/c13-10-7-9(3-4-11(10)20-12(14)15)21(18,19)16(5-6-17)8-1-2-8/h3-4,7-8,12,17H,1-2,5-6H2. The summed E-state index contributed by atoms with van der Waals surface area (Å²) in [5.41, 5.74) is 0. The van der Waals surface area contributed by atoms with Crippen molar-refractivity contribution in [3.63, 3.8) is 0 Å². The molecule has 0 bridgehead atoms. The highest BCUT2D eigenvalue weighted by Gasteiger charge is 2.37. The molecule has 0 heterocycles. The first-order chi connectivity index (χ1) is 9.86. The number of aliphatic hydroxyl groups is 1. The second kappa shape index (κ2) is 6.43. The number of ether oxygens (including phenoxy) is 1. The molecular formula is C12H14ClF2NO4S. The lowest BCUT2D eigenvalue weighted by Gasteiger charge is -2.21. The SMILES string of the molecule is O=S(=O)(c1ccc(OC(F)F)c(Cl)c1)N(CCO)C1CC1. The Morgan fingerprint density at radius 3 is 2.57 bits per heavy atom. The van der Waals surface area contributed by atoms with Crippen LogP contribution >= 0.6 is 11.6 Å². The molecule has 1 saturated carbocycles. The monoisotopic (exact) mass is 341 g/mol. The molecule has 2 rings (SSSR count). The summed E-state index contributed by atoms with van der Waals surface area (Å²) in [6, 6.07) is 3.19. The van der Waals surface area contributed by atoms with Crippen molar-refractivity contribution in [2.24, 2.45) is 0 Å². The van der Waals surface area contributed by atoms with Gasteiger partial charge in [0.1, 0.15) is 5.75 Å². The molecule has 0 amide bonds. The summed E-state index contributed by atoms with van der Waals surface area (Å²) in [5.74, 6) is -0.286. The van der Waals surface area contributed by atoms with E-state index in [1.54, 1.807) is 0 Å². The molecule has 0 atom stereocenters. The number of benzene rings is 1. The lowest BCUT2D eigenvalue weighted by atomic mass is 10.3. The zero-order valence-electron chi connectivity index (χ0n) is 10.9. The molecule has 0 aliphatic heterocycles. The van der Waals surface area contributed by atoms with Crippen molar-refractivity contribution < 1.29 is 27.0 Å². The zero-order chi connectivity index (χ0) is 15.6. The van der Waals surface area contributed by atoms with E-state index < -0.39 is 16.6 Å². The normalized spacial score (nSPS) is 15.7. The van der Waals surface area contributed by atoms with Crippen LogP contribution in [0, 0.1) is 0 Å². The van der Waals surface area contributed by atoms with Crippen LogP contribution in [0.25, 0.3) is 0 Å². The first-order valence-electron chi connectivity index (χ1n) is 6.23. The van der Waals surface area contributed by atoms with E-state index in [4.69, 9.17) is 16.7 Å². The van der Waals surface area contributed by atoms with Crippen LogP contribution < -0.4 is 4.74 Å². The number of hydrogen-bond acceptors (Lipinski definition) is 4. The maximum Gasteiger partial charge on any atom is 0.387 e. The minimum atomic E-state index is -3.82. The predicted octanol–water partition coefficient (Wildman–Crippen LogP) is 2.09. The van der Waals surface area contributed by atoms with Gasteiger partial charge in [-0.1, -0.05) is 11.6 Å². The molecule has 1 aromatic carbocycles. The molecule has 118 valence electrons. The van der Waals surface area contributed by atoms with Crippen molar-refractivity contribution in [2.75, 3.05) is 13.2 Å². The number of sulfonamides is 1. The minimum Gasteiger partial charge on any atom is -0.433 e. The molecule has 1 aliphatic rings. The van der Waals surface area contributed by atoms with Crippen molar-refractivity contribution in [3.05, 3.63) is 23.2 Å². The van der Waals surface area contributed by atoms with Crippen LogP contribution in [0.2, 0.25) is 5.02 Å². The molecule has 5 nitrogen and oxygen atoms in total. The van der Waals surface area contributed by atoms with Crippen LogP contribution in [0.5, 0.6) is 5.75 Å². The summed E-state index contributed by atoms with van der Waals surface area (Å²) >= 11 is 5.77. The fourth-order valence-electron chi connectivity index (χ4n) is 1.93. The van der Waals surface area contributed by atoms with Crippen molar-refractivity contribution >= 4 is 21.6 Å². The Hall–Kier alpha value is -0.960. The Morgan fingerprint density at radius 1 is 1.43 bits per heavy atom. The highest BCUT2D eigenvalue weighted by molar-refractivity contribution is 7.89. The average Bonchev–Trinajstić information content (AvgIpc) is 3.21. The topological polar surface area (TPSA) is 66.8 Å². The Morgan fingerprint density at radius 2 is 2.10 bits per heavy atom. The third-order valence-electron chi connectivity index (χ3n) is 3.00. The molecule has 21 heavy (non-hydrogen) atoms. The molecule has 1 fully saturated rings. The summed E-state index contributed by atoms with van der Waals surface area (Å²) < 4.78 is 54.6. The summed E-state index contributed by atoms with van der Waals surface area (Å²) in [6.45, 7) is -3.35. The third-order valence-corrected chi connectivity index (χ3v) is 5.24. The van der Waals surface area contributed by atoms with E-state index in [9.17, 15) is 17.2 Å². The van der Waals surface area contributed by atoms with Gasteiger partial charge in [-0.25, -0.2) is 8.42 Å². The van der Waals surface area contributed by atoms with E-state index >= 15 is 0 Å². The molecule has 0 unspecified atom stereocenters. The molecule has 1 aliphatic carbocycles. The molecule has 9 heteroatoms. The van der Waals surface area contributed by atoms with Crippen molar-refractivity contribution in [2.45, 2.75) is 30.4 Å². The minimum absolute atomic E-state index is 0.0140. The first kappa shape index (κ1) is 16.4. The van der Waals surface area contributed by atoms with E-state index in [2.05, 4.69) is 4.74 Å². The highest BCUT2D eigenvalue weighted by atomic mass is 35.5. The van der Waals surface area contributed by atoms with Gasteiger partial charge in [0.2, 0.25) is 10.0 Å². The molecule has 0 aromatic heterocycles. The van der Waals surface area contributed by atoms with Crippen LogP contribution in [-0.4, -0.2) is 43.6 Å². The second-order valence-electron chi connectivity index (χ2n) is 4.54. The van der Waals surface area contributed by atoms with Gasteiger partial charge in [0.05, 0.1) is 16.5 Å². The third kappa shape index (κ3) is 3.82. The Balaban J connectivity index is 2.29. The van der Waals surface area contributed by atoms with Crippen LogP contribution in [0.15, 0.2) is 23.1 Å². The summed E-state index contributed by atoms with van der Waals surface area (Å²) in [7, 11) is -3.82. The van der Waals surface area contributed by atoms with Gasteiger partial charge in [0.15, 0.2) is 0 Å². The number of halogens is 3. The molecule has 1 aromatic rings. The van der Waals surface area contributed by atoms with Gasteiger partial charge in [-0.3, -0.25) is 0 Å². The molecule has 0 saturated heterocycles. The van der Waals surface area contributed by atoms with E-state index in [0.717, 1.165) is 31.0 Å². The van der Waals surface area contributed by atoms with E-state index in [0.29, 0.717) is 0 Å². The van der Waals surface area contributed by atoms with Gasteiger partial charge in [0.25, 0.3) is 0 Å². The van der Waals surface area contributed by atoms with Crippen LogP contribution in [0.1, 0.15) is 12.8 Å². The zero-order valence-corrected chi connectivity index (χ0v) is 12.4. The van der Waals surface area contributed by atoms with Crippen LogP contribution in [0.4, 0.5) is 8.78 Å². The molecule has 0 radical (unpaired) electrons. The predicted molar refractivity (Wildman–Crippen MR) is 72.1 cm³/mol. The largest absolute Gasteiger partial charge is 0.433 e. The number of alkyl halides is 2. The summed E-state index contributed by atoms with van der Waals surface area (Å²) in [5, 5.41) is 8.77. The van der Waals surface area contributed by atoms with Crippen LogP contribution in [0.3, 0.4) is 0 Å². The lowest BCUT2D eigenvalue weighted by molar-refractivity contribution is -0.0498. The Kier molecular flexibility index (Phi) is 5.03. The summed E-state index contributed by atoms with van der Waals surface area (Å²) in [4.78, 5) is -0.116. The van der Waals surface area contributed by atoms with Crippen molar-refractivity contribution in [3.8, 4) is 5.75 Å². The second-order valence-corrected chi connectivity index (χ2v) is 6.84. The number of hydrogen-bond donors (Lipinski definition) is 1. The quantitative estimate of drug-likeness (QED) is 0.824. The fraction of sp³-hybridized carbons (Fsp3) is 0.500. The smallest absolute Gasteiger partial charge is 0.387 e. The lowest BCUT2D eigenvalue weighted by Crippen LogP contribution is -2.35.